The summed E-state index contributed by atoms with van der Waals surface area (Å²) in [5.74, 6) is 0.764. The predicted molar refractivity (Wildman–Crippen MR) is 52.5 cm³/mol. The van der Waals surface area contributed by atoms with Gasteiger partial charge in [-0.15, -0.1) is 5.10 Å². The maximum absolute atomic E-state index is 5.66. The smallest absolute Gasteiger partial charge is 0.244 e. The highest BCUT2D eigenvalue weighted by atomic mass is 35.5. The summed E-state index contributed by atoms with van der Waals surface area (Å²) in [6.45, 7) is 4.37. The Morgan fingerprint density at radius 1 is 1.64 bits per heavy atom. The number of hydrogen-bond acceptors (Lipinski definition) is 5. The van der Waals surface area contributed by atoms with Crippen molar-refractivity contribution in [1.29, 1.82) is 0 Å². The lowest BCUT2D eigenvalue weighted by Crippen LogP contribution is -2.41. The first-order chi connectivity index (χ1) is 6.75. The van der Waals surface area contributed by atoms with Crippen LogP contribution in [-0.2, 0) is 4.74 Å². The van der Waals surface area contributed by atoms with Crippen LogP contribution in [0.25, 0.3) is 0 Å². The number of aromatic nitrogens is 3. The Kier molecular flexibility index (Phi) is 2.79. The SMILES string of the molecule is CC1CN(c2cnnc(Cl)n2)CCO1. The lowest BCUT2D eigenvalue weighted by molar-refractivity contribution is 0.0529. The minimum atomic E-state index is 0.182. The third kappa shape index (κ3) is 2.10. The van der Waals surface area contributed by atoms with Crippen LogP contribution < -0.4 is 4.90 Å². The van der Waals surface area contributed by atoms with E-state index in [1.54, 1.807) is 6.20 Å². The third-order valence-electron chi connectivity index (χ3n) is 2.09. The van der Waals surface area contributed by atoms with Gasteiger partial charge in [0.1, 0.15) is 0 Å². The van der Waals surface area contributed by atoms with Gasteiger partial charge in [-0.25, -0.2) is 0 Å². The van der Waals surface area contributed by atoms with Crippen LogP contribution in [0.2, 0.25) is 5.28 Å². The van der Waals surface area contributed by atoms with Crippen LogP contribution in [-0.4, -0.2) is 41.0 Å². The highest BCUT2D eigenvalue weighted by Gasteiger charge is 2.18. The van der Waals surface area contributed by atoms with E-state index in [2.05, 4.69) is 20.1 Å². The fourth-order valence-corrected chi connectivity index (χ4v) is 1.58. The molecule has 0 saturated carbocycles. The first-order valence-corrected chi connectivity index (χ1v) is 4.85. The molecule has 1 unspecified atom stereocenters. The molecule has 1 aliphatic heterocycles. The molecule has 0 radical (unpaired) electrons. The molecule has 0 N–H and O–H groups in total. The highest BCUT2D eigenvalue weighted by molar-refractivity contribution is 6.28. The van der Waals surface area contributed by atoms with Crippen molar-refractivity contribution in [3.8, 4) is 0 Å². The summed E-state index contributed by atoms with van der Waals surface area (Å²) < 4.78 is 5.42. The van der Waals surface area contributed by atoms with Crippen LogP contribution in [0, 0.1) is 0 Å². The molecule has 5 nitrogen and oxygen atoms in total. The van der Waals surface area contributed by atoms with E-state index in [0.717, 1.165) is 18.9 Å². The van der Waals surface area contributed by atoms with Crippen molar-refractivity contribution < 1.29 is 4.74 Å². The van der Waals surface area contributed by atoms with E-state index in [4.69, 9.17) is 16.3 Å². The van der Waals surface area contributed by atoms with Gasteiger partial charge in [-0.05, 0) is 18.5 Å². The van der Waals surface area contributed by atoms with Gasteiger partial charge < -0.3 is 9.64 Å². The first-order valence-electron chi connectivity index (χ1n) is 4.47. The lowest BCUT2D eigenvalue weighted by Gasteiger charge is -2.31. The number of rotatable bonds is 1. The van der Waals surface area contributed by atoms with E-state index in [1.807, 2.05) is 6.92 Å². The third-order valence-corrected chi connectivity index (χ3v) is 2.25. The summed E-state index contributed by atoms with van der Waals surface area (Å²) in [6, 6.07) is 0. The number of morpholine rings is 1. The van der Waals surface area contributed by atoms with Gasteiger partial charge in [0, 0.05) is 13.1 Å². The molecule has 0 amide bonds. The standard InChI is InChI=1S/C8H11ClN4O/c1-6-5-13(2-3-14-6)7-4-10-12-8(9)11-7/h4,6H,2-3,5H2,1H3. The zero-order valence-electron chi connectivity index (χ0n) is 7.85. The van der Waals surface area contributed by atoms with Crippen LogP contribution in [0.4, 0.5) is 5.82 Å². The van der Waals surface area contributed by atoms with Crippen molar-refractivity contribution >= 4 is 17.4 Å². The molecule has 1 saturated heterocycles. The molecule has 76 valence electrons. The zero-order valence-corrected chi connectivity index (χ0v) is 8.61. The van der Waals surface area contributed by atoms with Crippen molar-refractivity contribution in [3.63, 3.8) is 0 Å². The van der Waals surface area contributed by atoms with Crippen molar-refractivity contribution in [2.45, 2.75) is 13.0 Å². The monoisotopic (exact) mass is 214 g/mol. The minimum Gasteiger partial charge on any atom is -0.375 e. The van der Waals surface area contributed by atoms with Crippen LogP contribution >= 0.6 is 11.6 Å². The summed E-state index contributed by atoms with van der Waals surface area (Å²) in [5.41, 5.74) is 0. The van der Waals surface area contributed by atoms with Gasteiger partial charge >= 0.3 is 0 Å². The molecule has 1 aromatic heterocycles. The summed E-state index contributed by atoms with van der Waals surface area (Å²) in [5, 5.41) is 7.54. The average Bonchev–Trinajstić information content (AvgIpc) is 2.18. The fraction of sp³-hybridized carbons (Fsp3) is 0.625. The molecular weight excluding hydrogens is 204 g/mol. The van der Waals surface area contributed by atoms with Crippen LogP contribution in [0.5, 0.6) is 0 Å². The molecule has 0 aromatic carbocycles. The maximum atomic E-state index is 5.66. The molecule has 2 heterocycles. The normalized spacial score (nSPS) is 22.4. The molecule has 6 heteroatoms. The Balaban J connectivity index is 2.14. The Morgan fingerprint density at radius 3 is 3.21 bits per heavy atom. The second-order valence-corrected chi connectivity index (χ2v) is 3.55. The summed E-state index contributed by atoms with van der Waals surface area (Å²) in [6.07, 6.45) is 1.83. The Labute approximate surface area is 87.1 Å². The molecule has 0 aliphatic carbocycles. The summed E-state index contributed by atoms with van der Waals surface area (Å²) in [4.78, 5) is 6.19. The van der Waals surface area contributed by atoms with Gasteiger partial charge in [-0.1, -0.05) is 0 Å². The van der Waals surface area contributed by atoms with Gasteiger partial charge in [0.15, 0.2) is 5.82 Å². The highest BCUT2D eigenvalue weighted by Crippen LogP contribution is 2.14. The second kappa shape index (κ2) is 4.06. The van der Waals surface area contributed by atoms with E-state index in [0.29, 0.717) is 6.61 Å². The largest absolute Gasteiger partial charge is 0.375 e. The lowest BCUT2D eigenvalue weighted by atomic mass is 10.3. The maximum Gasteiger partial charge on any atom is 0.244 e. The van der Waals surface area contributed by atoms with Gasteiger partial charge in [0.25, 0.3) is 0 Å². The molecule has 1 atom stereocenters. The predicted octanol–water partition coefficient (Wildman–Crippen LogP) is 0.750. The number of halogens is 1. The van der Waals surface area contributed by atoms with Crippen molar-refractivity contribution in [2.24, 2.45) is 0 Å². The molecule has 0 spiro atoms. The molecule has 0 bridgehead atoms. The molecule has 1 fully saturated rings. The van der Waals surface area contributed by atoms with E-state index in [-0.39, 0.29) is 11.4 Å². The number of hydrogen-bond donors (Lipinski definition) is 0. The minimum absolute atomic E-state index is 0.182. The van der Waals surface area contributed by atoms with Crippen molar-refractivity contribution in [1.82, 2.24) is 15.2 Å². The Bertz CT molecular complexity index is 322. The number of ether oxygens (including phenoxy) is 1. The average molecular weight is 215 g/mol. The van der Waals surface area contributed by atoms with Crippen molar-refractivity contribution in [2.75, 3.05) is 24.6 Å². The van der Waals surface area contributed by atoms with Crippen LogP contribution in [0.15, 0.2) is 6.20 Å². The number of nitrogens with zero attached hydrogens (tertiary/aromatic N) is 4. The quantitative estimate of drug-likeness (QED) is 0.691. The van der Waals surface area contributed by atoms with E-state index >= 15 is 0 Å². The van der Waals surface area contributed by atoms with Gasteiger partial charge in [-0.3, -0.25) is 0 Å². The topological polar surface area (TPSA) is 51.1 Å². The Morgan fingerprint density at radius 2 is 2.50 bits per heavy atom. The second-order valence-electron chi connectivity index (χ2n) is 3.21. The van der Waals surface area contributed by atoms with Crippen LogP contribution in [0.1, 0.15) is 6.92 Å². The fourth-order valence-electron chi connectivity index (χ4n) is 1.45. The zero-order chi connectivity index (χ0) is 9.97. The first kappa shape index (κ1) is 9.61. The summed E-state index contributed by atoms with van der Waals surface area (Å²) >= 11 is 5.66. The van der Waals surface area contributed by atoms with Crippen molar-refractivity contribution in [3.05, 3.63) is 11.5 Å². The van der Waals surface area contributed by atoms with E-state index < -0.39 is 0 Å². The van der Waals surface area contributed by atoms with E-state index in [1.165, 1.54) is 0 Å². The summed E-state index contributed by atoms with van der Waals surface area (Å²) in [7, 11) is 0. The molecule has 2 rings (SSSR count). The number of anilines is 1. The molecule has 14 heavy (non-hydrogen) atoms. The molecule has 1 aliphatic rings. The van der Waals surface area contributed by atoms with Gasteiger partial charge in [0.05, 0.1) is 18.9 Å². The molecular formula is C8H11ClN4O. The Hall–Kier alpha value is -0.940. The molecule has 1 aromatic rings. The van der Waals surface area contributed by atoms with Gasteiger partial charge in [-0.2, -0.15) is 10.1 Å². The van der Waals surface area contributed by atoms with Gasteiger partial charge in [0.2, 0.25) is 5.28 Å². The van der Waals surface area contributed by atoms with E-state index in [9.17, 15) is 0 Å². The van der Waals surface area contributed by atoms with Crippen LogP contribution in [0.3, 0.4) is 0 Å².